The number of nitrogens with zero attached hydrogens (tertiary/aromatic N) is 3. The van der Waals surface area contributed by atoms with Gasteiger partial charge in [-0.25, -0.2) is 4.98 Å². The Morgan fingerprint density at radius 2 is 2.25 bits per heavy atom. The zero-order valence-corrected chi connectivity index (χ0v) is 11.1. The van der Waals surface area contributed by atoms with Crippen molar-refractivity contribution in [3.8, 4) is 0 Å². The van der Waals surface area contributed by atoms with Gasteiger partial charge in [-0.15, -0.1) is 0 Å². The minimum absolute atomic E-state index is 0.121. The molecule has 1 aliphatic rings. The van der Waals surface area contributed by atoms with Crippen molar-refractivity contribution in [2.24, 2.45) is 0 Å². The molecule has 0 aromatic carbocycles. The van der Waals surface area contributed by atoms with Gasteiger partial charge in [-0.2, -0.15) is 0 Å². The highest BCUT2D eigenvalue weighted by atomic mass is 35.5. The van der Waals surface area contributed by atoms with Gasteiger partial charge in [-0.05, 0) is 6.07 Å². The lowest BCUT2D eigenvalue weighted by Gasteiger charge is -2.19. The molecule has 0 saturated carbocycles. The smallest absolute Gasteiger partial charge is 0.319 e. The van der Waals surface area contributed by atoms with Crippen LogP contribution in [0.1, 0.15) is 16.8 Å². The van der Waals surface area contributed by atoms with Gasteiger partial charge in [0.25, 0.3) is 5.91 Å². The minimum Gasteiger partial charge on any atom is -0.354 e. The first-order valence-electron chi connectivity index (χ1n) is 5.85. The lowest BCUT2D eigenvalue weighted by molar-refractivity contribution is -0.385. The summed E-state index contributed by atoms with van der Waals surface area (Å²) in [5, 5.41) is 13.3. The van der Waals surface area contributed by atoms with Crippen molar-refractivity contribution >= 4 is 29.1 Å². The molecule has 2 amide bonds. The average Bonchev–Trinajstić information content (AvgIpc) is 2.62. The Kier molecular flexibility index (Phi) is 4.14. The van der Waals surface area contributed by atoms with E-state index in [0.717, 1.165) is 0 Å². The molecule has 0 unspecified atom stereocenters. The molecule has 1 N–H and O–H groups in total. The molecule has 1 aliphatic heterocycles. The molecule has 0 radical (unpaired) electrons. The molecule has 1 saturated heterocycles. The first-order valence-corrected chi connectivity index (χ1v) is 6.23. The molecule has 2 rings (SSSR count). The first kappa shape index (κ1) is 14.2. The van der Waals surface area contributed by atoms with Crippen LogP contribution in [0.2, 0.25) is 5.15 Å². The van der Waals surface area contributed by atoms with E-state index in [0.29, 0.717) is 13.1 Å². The predicted octanol–water partition coefficient (Wildman–Crippen LogP) is 0.605. The van der Waals surface area contributed by atoms with Gasteiger partial charge < -0.3 is 10.2 Å². The van der Waals surface area contributed by atoms with Crippen LogP contribution < -0.4 is 5.32 Å². The summed E-state index contributed by atoms with van der Waals surface area (Å²) in [5.41, 5.74) is -0.632. The van der Waals surface area contributed by atoms with Gasteiger partial charge in [0, 0.05) is 32.3 Å². The summed E-state index contributed by atoms with van der Waals surface area (Å²) < 4.78 is 0. The van der Waals surface area contributed by atoms with Crippen molar-refractivity contribution in [2.75, 3.05) is 19.6 Å². The Bertz CT molecular complexity index is 578. The van der Waals surface area contributed by atoms with Crippen LogP contribution in [0.25, 0.3) is 0 Å². The van der Waals surface area contributed by atoms with Crippen LogP contribution in [0.5, 0.6) is 0 Å². The van der Waals surface area contributed by atoms with Crippen LogP contribution in [-0.4, -0.2) is 46.3 Å². The van der Waals surface area contributed by atoms with E-state index in [9.17, 15) is 19.7 Å². The third-order valence-corrected chi connectivity index (χ3v) is 3.17. The van der Waals surface area contributed by atoms with Crippen molar-refractivity contribution in [2.45, 2.75) is 6.42 Å². The summed E-state index contributed by atoms with van der Waals surface area (Å²) in [6.45, 7) is 0.820. The molecule has 0 aliphatic carbocycles. The fraction of sp³-hybridized carbons (Fsp3) is 0.364. The first-order chi connectivity index (χ1) is 9.50. The highest BCUT2D eigenvalue weighted by molar-refractivity contribution is 6.32. The zero-order valence-electron chi connectivity index (χ0n) is 10.3. The lowest BCUT2D eigenvalue weighted by Crippen LogP contribution is -2.34. The number of nitrogens with one attached hydrogen (secondary N) is 1. The van der Waals surface area contributed by atoms with Crippen LogP contribution in [-0.2, 0) is 4.79 Å². The average molecular weight is 299 g/mol. The number of carbonyl (C=O) groups excluding carboxylic acids is 2. The molecule has 0 atom stereocenters. The Balaban J connectivity index is 2.31. The number of hydrogen-bond acceptors (Lipinski definition) is 5. The van der Waals surface area contributed by atoms with Gasteiger partial charge in [0.1, 0.15) is 5.56 Å². The maximum absolute atomic E-state index is 12.3. The van der Waals surface area contributed by atoms with E-state index in [2.05, 4.69) is 10.3 Å². The molecule has 0 spiro atoms. The van der Waals surface area contributed by atoms with Gasteiger partial charge >= 0.3 is 5.69 Å². The normalized spacial score (nSPS) is 15.4. The van der Waals surface area contributed by atoms with Gasteiger partial charge in [-0.1, -0.05) is 11.6 Å². The van der Waals surface area contributed by atoms with Crippen LogP contribution >= 0.6 is 11.6 Å². The second-order valence-corrected chi connectivity index (χ2v) is 4.51. The van der Waals surface area contributed by atoms with Crippen molar-refractivity contribution < 1.29 is 14.5 Å². The number of hydrogen-bond donors (Lipinski definition) is 1. The van der Waals surface area contributed by atoms with E-state index in [4.69, 9.17) is 11.6 Å². The standard InChI is InChI=1S/C11H11ClN4O4/c12-10-9(16(19)20)7(1-3-14-10)11(18)15-5-2-8(17)13-4-6-15/h1,3H,2,4-6H2,(H,13,17). The summed E-state index contributed by atoms with van der Waals surface area (Å²) in [5.74, 6) is -0.680. The zero-order chi connectivity index (χ0) is 14.7. The fourth-order valence-corrected chi connectivity index (χ4v) is 2.14. The van der Waals surface area contributed by atoms with Crippen molar-refractivity contribution in [1.82, 2.24) is 15.2 Å². The molecule has 0 bridgehead atoms. The quantitative estimate of drug-likeness (QED) is 0.489. The highest BCUT2D eigenvalue weighted by Gasteiger charge is 2.29. The third-order valence-electron chi connectivity index (χ3n) is 2.89. The lowest BCUT2D eigenvalue weighted by atomic mass is 10.2. The minimum atomic E-state index is -0.732. The Morgan fingerprint density at radius 1 is 1.50 bits per heavy atom. The van der Waals surface area contributed by atoms with E-state index in [1.54, 1.807) is 0 Å². The molecule has 9 heteroatoms. The second-order valence-electron chi connectivity index (χ2n) is 4.15. The number of amides is 2. The Morgan fingerprint density at radius 3 is 2.95 bits per heavy atom. The predicted molar refractivity (Wildman–Crippen MR) is 69.4 cm³/mol. The summed E-state index contributed by atoms with van der Waals surface area (Å²) in [6.07, 6.45) is 1.40. The Labute approximate surface area is 118 Å². The summed E-state index contributed by atoms with van der Waals surface area (Å²) in [6, 6.07) is 1.26. The number of pyridine rings is 1. The molecular weight excluding hydrogens is 288 g/mol. The number of rotatable bonds is 2. The Hall–Kier alpha value is -2.22. The molecule has 1 fully saturated rings. The van der Waals surface area contributed by atoms with E-state index in [1.165, 1.54) is 17.2 Å². The maximum Gasteiger partial charge on any atom is 0.319 e. The largest absolute Gasteiger partial charge is 0.354 e. The van der Waals surface area contributed by atoms with Gasteiger partial charge in [0.2, 0.25) is 11.1 Å². The molecule has 1 aromatic heterocycles. The van der Waals surface area contributed by atoms with Crippen LogP contribution in [0.15, 0.2) is 12.3 Å². The number of aromatic nitrogens is 1. The third kappa shape index (κ3) is 2.85. The fourth-order valence-electron chi connectivity index (χ4n) is 1.92. The van der Waals surface area contributed by atoms with E-state index in [1.807, 2.05) is 0 Å². The van der Waals surface area contributed by atoms with E-state index < -0.39 is 16.5 Å². The van der Waals surface area contributed by atoms with E-state index in [-0.39, 0.29) is 29.6 Å². The maximum atomic E-state index is 12.3. The molecule has 8 nitrogen and oxygen atoms in total. The van der Waals surface area contributed by atoms with E-state index >= 15 is 0 Å². The highest BCUT2D eigenvalue weighted by Crippen LogP contribution is 2.27. The van der Waals surface area contributed by atoms with Gasteiger partial charge in [0.05, 0.1) is 4.92 Å². The van der Waals surface area contributed by atoms with Crippen molar-refractivity contribution in [3.05, 3.63) is 33.1 Å². The number of nitro groups is 1. The molecular formula is C11H11ClN4O4. The SMILES string of the molecule is O=C1CCN(C(=O)c2ccnc(Cl)c2[N+](=O)[O-])CCN1. The van der Waals surface area contributed by atoms with Gasteiger partial charge in [0.15, 0.2) is 0 Å². The van der Waals surface area contributed by atoms with Crippen LogP contribution in [0.3, 0.4) is 0 Å². The molecule has 20 heavy (non-hydrogen) atoms. The van der Waals surface area contributed by atoms with Gasteiger partial charge in [-0.3, -0.25) is 19.7 Å². The monoisotopic (exact) mass is 298 g/mol. The number of halogens is 1. The summed E-state index contributed by atoms with van der Waals surface area (Å²) in [4.78, 5) is 38.8. The van der Waals surface area contributed by atoms with Crippen LogP contribution in [0.4, 0.5) is 5.69 Å². The topological polar surface area (TPSA) is 105 Å². The molecule has 1 aromatic rings. The van der Waals surface area contributed by atoms with Crippen molar-refractivity contribution in [1.29, 1.82) is 0 Å². The molecule has 106 valence electrons. The van der Waals surface area contributed by atoms with Crippen LogP contribution in [0, 0.1) is 10.1 Å². The summed E-state index contributed by atoms with van der Waals surface area (Å²) in [7, 11) is 0. The second kappa shape index (κ2) is 5.83. The van der Waals surface area contributed by atoms with Crippen molar-refractivity contribution in [3.63, 3.8) is 0 Å². The summed E-state index contributed by atoms with van der Waals surface area (Å²) >= 11 is 5.67. The number of carbonyl (C=O) groups is 2. The molecule has 2 heterocycles.